The average Bonchev–Trinajstić information content (AvgIpc) is 2.63. The van der Waals surface area contributed by atoms with E-state index in [0.29, 0.717) is 5.92 Å². The Morgan fingerprint density at radius 2 is 1.75 bits per heavy atom. The minimum absolute atomic E-state index is 0.0673. The van der Waals surface area contributed by atoms with Crippen molar-refractivity contribution in [2.75, 3.05) is 37.6 Å². The molecule has 1 aromatic rings. The standard InChI is InChI=1S/C18H27N3O3/c22-17(18(23)24)15-3-1-14(2-4-15)13-20-9-11-21(12-10-20)16-5-7-19-8-6-16/h5-8,14-15,17,22H,1-4,9-13H2,(H,23,24). The molecule has 6 heteroatoms. The lowest BCUT2D eigenvalue weighted by Crippen LogP contribution is -2.48. The van der Waals surface area contributed by atoms with Gasteiger partial charge in [0.25, 0.3) is 0 Å². The maximum Gasteiger partial charge on any atom is 0.332 e. The van der Waals surface area contributed by atoms with Crippen molar-refractivity contribution in [2.45, 2.75) is 31.8 Å². The van der Waals surface area contributed by atoms with Crippen LogP contribution in [0.2, 0.25) is 0 Å². The number of aromatic nitrogens is 1. The number of hydrogen-bond acceptors (Lipinski definition) is 5. The molecule has 1 aliphatic heterocycles. The summed E-state index contributed by atoms with van der Waals surface area (Å²) >= 11 is 0. The number of aliphatic carboxylic acids is 1. The lowest BCUT2D eigenvalue weighted by Gasteiger charge is -2.39. The number of nitrogens with zero attached hydrogens (tertiary/aromatic N) is 3. The lowest BCUT2D eigenvalue weighted by molar-refractivity contribution is -0.150. The van der Waals surface area contributed by atoms with Crippen molar-refractivity contribution < 1.29 is 15.0 Å². The molecule has 1 unspecified atom stereocenters. The normalized spacial score (nSPS) is 27.0. The molecule has 0 bridgehead atoms. The fourth-order valence-electron chi connectivity index (χ4n) is 4.00. The van der Waals surface area contributed by atoms with Gasteiger partial charge in [-0.1, -0.05) is 0 Å². The van der Waals surface area contributed by atoms with Crippen LogP contribution in [-0.4, -0.2) is 64.9 Å². The van der Waals surface area contributed by atoms with E-state index in [1.807, 2.05) is 12.4 Å². The van der Waals surface area contributed by atoms with E-state index in [4.69, 9.17) is 5.11 Å². The van der Waals surface area contributed by atoms with E-state index in [0.717, 1.165) is 58.4 Å². The Labute approximate surface area is 143 Å². The van der Waals surface area contributed by atoms with Crippen molar-refractivity contribution in [3.63, 3.8) is 0 Å². The third-order valence-corrected chi connectivity index (χ3v) is 5.51. The Morgan fingerprint density at radius 1 is 1.12 bits per heavy atom. The molecule has 132 valence electrons. The summed E-state index contributed by atoms with van der Waals surface area (Å²) in [6.07, 6.45) is 6.20. The number of rotatable bonds is 5. The number of piperazine rings is 1. The van der Waals surface area contributed by atoms with Crippen LogP contribution in [0.25, 0.3) is 0 Å². The van der Waals surface area contributed by atoms with E-state index in [1.165, 1.54) is 5.69 Å². The zero-order valence-corrected chi connectivity index (χ0v) is 14.0. The van der Waals surface area contributed by atoms with Gasteiger partial charge < -0.3 is 15.1 Å². The second-order valence-corrected chi connectivity index (χ2v) is 7.06. The van der Waals surface area contributed by atoms with Crippen LogP contribution in [0.1, 0.15) is 25.7 Å². The van der Waals surface area contributed by atoms with Crippen molar-refractivity contribution in [3.8, 4) is 0 Å². The molecule has 0 aromatic carbocycles. The molecule has 1 atom stereocenters. The minimum Gasteiger partial charge on any atom is -0.479 e. The van der Waals surface area contributed by atoms with Crippen LogP contribution in [0, 0.1) is 11.8 Å². The molecule has 2 aliphatic rings. The van der Waals surface area contributed by atoms with Gasteiger partial charge in [0, 0.05) is 50.8 Å². The summed E-state index contributed by atoms with van der Waals surface area (Å²) in [6, 6.07) is 4.12. The first-order chi connectivity index (χ1) is 11.6. The second-order valence-electron chi connectivity index (χ2n) is 7.06. The first-order valence-electron chi connectivity index (χ1n) is 8.91. The zero-order valence-electron chi connectivity index (χ0n) is 14.0. The highest BCUT2D eigenvalue weighted by molar-refractivity contribution is 5.72. The van der Waals surface area contributed by atoms with E-state index in [1.54, 1.807) is 0 Å². The van der Waals surface area contributed by atoms with E-state index in [9.17, 15) is 9.90 Å². The van der Waals surface area contributed by atoms with Crippen LogP contribution >= 0.6 is 0 Å². The van der Waals surface area contributed by atoms with Crippen LogP contribution in [0.5, 0.6) is 0 Å². The van der Waals surface area contributed by atoms with Crippen molar-refractivity contribution in [1.82, 2.24) is 9.88 Å². The third kappa shape index (κ3) is 4.24. The molecule has 1 saturated carbocycles. The highest BCUT2D eigenvalue weighted by Gasteiger charge is 2.31. The van der Waals surface area contributed by atoms with Gasteiger partial charge in [-0.25, -0.2) is 4.79 Å². The summed E-state index contributed by atoms with van der Waals surface area (Å²) in [5, 5.41) is 18.6. The Morgan fingerprint density at radius 3 is 2.33 bits per heavy atom. The van der Waals surface area contributed by atoms with Crippen LogP contribution in [0.4, 0.5) is 5.69 Å². The molecule has 24 heavy (non-hydrogen) atoms. The van der Waals surface area contributed by atoms with Crippen LogP contribution in [0.3, 0.4) is 0 Å². The number of carboxylic acid groups (broad SMARTS) is 1. The van der Waals surface area contributed by atoms with Gasteiger partial charge in [0.15, 0.2) is 6.10 Å². The van der Waals surface area contributed by atoms with Gasteiger partial charge in [-0.3, -0.25) is 9.88 Å². The largest absolute Gasteiger partial charge is 0.479 e. The summed E-state index contributed by atoms with van der Waals surface area (Å²) in [5.74, 6) is -0.511. The van der Waals surface area contributed by atoms with E-state index >= 15 is 0 Å². The number of carboxylic acids is 1. The van der Waals surface area contributed by atoms with Crippen molar-refractivity contribution in [3.05, 3.63) is 24.5 Å². The number of aliphatic hydroxyl groups excluding tert-OH is 1. The molecule has 2 fully saturated rings. The number of carbonyl (C=O) groups is 1. The molecule has 2 N–H and O–H groups in total. The van der Waals surface area contributed by atoms with Gasteiger partial charge in [-0.2, -0.15) is 0 Å². The Kier molecular flexibility index (Phi) is 5.68. The Balaban J connectivity index is 1.40. The first kappa shape index (κ1) is 17.2. The first-order valence-corrected chi connectivity index (χ1v) is 8.91. The lowest BCUT2D eigenvalue weighted by atomic mass is 9.79. The van der Waals surface area contributed by atoms with Crippen LogP contribution in [0.15, 0.2) is 24.5 Å². The second kappa shape index (κ2) is 7.94. The molecule has 2 heterocycles. The number of pyridine rings is 1. The van der Waals surface area contributed by atoms with E-state index in [2.05, 4.69) is 26.9 Å². The molecule has 0 spiro atoms. The molecular formula is C18H27N3O3. The van der Waals surface area contributed by atoms with E-state index in [-0.39, 0.29) is 5.92 Å². The van der Waals surface area contributed by atoms with Gasteiger partial charge in [-0.15, -0.1) is 0 Å². The average molecular weight is 333 g/mol. The topological polar surface area (TPSA) is 76.9 Å². The van der Waals surface area contributed by atoms with Gasteiger partial charge >= 0.3 is 5.97 Å². The predicted octanol–water partition coefficient (Wildman–Crippen LogP) is 1.46. The summed E-state index contributed by atoms with van der Waals surface area (Å²) in [5.41, 5.74) is 1.24. The minimum atomic E-state index is -1.19. The molecule has 0 radical (unpaired) electrons. The van der Waals surface area contributed by atoms with Gasteiger partial charge in [-0.05, 0) is 49.7 Å². The molecule has 0 amide bonds. The smallest absolute Gasteiger partial charge is 0.332 e. The summed E-state index contributed by atoms with van der Waals surface area (Å²) in [6.45, 7) is 5.31. The van der Waals surface area contributed by atoms with Crippen molar-refractivity contribution in [2.24, 2.45) is 11.8 Å². The maximum absolute atomic E-state index is 10.9. The summed E-state index contributed by atoms with van der Waals surface area (Å²) in [4.78, 5) is 19.9. The van der Waals surface area contributed by atoms with Crippen LogP contribution < -0.4 is 4.90 Å². The predicted molar refractivity (Wildman–Crippen MR) is 92.0 cm³/mol. The molecule has 3 rings (SSSR count). The van der Waals surface area contributed by atoms with Crippen molar-refractivity contribution >= 4 is 11.7 Å². The van der Waals surface area contributed by atoms with Gasteiger partial charge in [0.1, 0.15) is 0 Å². The monoisotopic (exact) mass is 333 g/mol. The fourth-order valence-corrected chi connectivity index (χ4v) is 4.00. The SMILES string of the molecule is O=C(O)C(O)C1CCC(CN2CCN(c3ccncc3)CC2)CC1. The van der Waals surface area contributed by atoms with E-state index < -0.39 is 12.1 Å². The highest BCUT2D eigenvalue weighted by atomic mass is 16.4. The fraction of sp³-hybridized carbons (Fsp3) is 0.667. The van der Waals surface area contributed by atoms with Gasteiger partial charge in [0.05, 0.1) is 0 Å². The molecule has 1 aromatic heterocycles. The molecular weight excluding hydrogens is 306 g/mol. The third-order valence-electron chi connectivity index (χ3n) is 5.51. The molecule has 1 saturated heterocycles. The molecule has 1 aliphatic carbocycles. The maximum atomic E-state index is 10.9. The number of anilines is 1. The van der Waals surface area contributed by atoms with Crippen molar-refractivity contribution in [1.29, 1.82) is 0 Å². The van der Waals surface area contributed by atoms with Gasteiger partial charge in [0.2, 0.25) is 0 Å². The highest BCUT2D eigenvalue weighted by Crippen LogP contribution is 2.31. The zero-order chi connectivity index (χ0) is 16.9. The Hall–Kier alpha value is -1.66. The van der Waals surface area contributed by atoms with Crippen LogP contribution in [-0.2, 0) is 4.79 Å². The quantitative estimate of drug-likeness (QED) is 0.849. The number of aliphatic hydroxyl groups is 1. The Bertz CT molecular complexity index is 524. The summed E-state index contributed by atoms with van der Waals surface area (Å²) < 4.78 is 0. The molecule has 6 nitrogen and oxygen atoms in total. The summed E-state index contributed by atoms with van der Waals surface area (Å²) in [7, 11) is 0. The number of hydrogen-bond donors (Lipinski definition) is 2.